The Morgan fingerprint density at radius 2 is 2.06 bits per heavy atom. The number of anilines is 1. The second kappa shape index (κ2) is 4.82. The molecule has 0 unspecified atom stereocenters. The van der Waals surface area contributed by atoms with Crippen LogP contribution in [0.3, 0.4) is 0 Å². The van der Waals surface area contributed by atoms with Crippen LogP contribution in [0.4, 0.5) is 5.69 Å². The van der Waals surface area contributed by atoms with E-state index < -0.39 is 0 Å². The van der Waals surface area contributed by atoms with Crippen molar-refractivity contribution >= 4 is 11.6 Å². The highest BCUT2D eigenvalue weighted by atomic mass is 16.1. The summed E-state index contributed by atoms with van der Waals surface area (Å²) in [4.78, 5) is 11.2. The topological polar surface area (TPSA) is 57.8 Å². The highest BCUT2D eigenvalue weighted by Gasteiger charge is 2.03. The standard InChI is InChI=1S/C13H15N3O/c1-3-13(17)14-11-6-4-10(5-7-11)12-8-9(2)15-16-12/h4-8H,3H2,1-2H3,(H,14,17)(H,15,16). The number of hydrogen-bond donors (Lipinski definition) is 2. The molecule has 0 atom stereocenters. The maximum absolute atomic E-state index is 11.2. The second-order valence-corrected chi connectivity index (χ2v) is 3.92. The average molecular weight is 229 g/mol. The van der Waals surface area contributed by atoms with Gasteiger partial charge in [-0.2, -0.15) is 5.10 Å². The van der Waals surface area contributed by atoms with E-state index in [0.717, 1.165) is 22.6 Å². The normalized spacial score (nSPS) is 10.2. The molecule has 4 heteroatoms. The van der Waals surface area contributed by atoms with Crippen LogP contribution in [0.1, 0.15) is 19.0 Å². The minimum Gasteiger partial charge on any atom is -0.326 e. The Kier molecular flexibility index (Phi) is 3.23. The predicted molar refractivity (Wildman–Crippen MR) is 67.7 cm³/mol. The molecule has 0 bridgehead atoms. The van der Waals surface area contributed by atoms with E-state index in [1.54, 1.807) is 0 Å². The Morgan fingerprint density at radius 1 is 1.35 bits per heavy atom. The smallest absolute Gasteiger partial charge is 0.224 e. The first-order valence-corrected chi connectivity index (χ1v) is 5.61. The minimum absolute atomic E-state index is 0.0216. The lowest BCUT2D eigenvalue weighted by molar-refractivity contribution is -0.115. The van der Waals surface area contributed by atoms with Gasteiger partial charge >= 0.3 is 0 Å². The van der Waals surface area contributed by atoms with Crippen molar-refractivity contribution in [1.82, 2.24) is 10.2 Å². The fourth-order valence-electron chi connectivity index (χ4n) is 1.54. The number of aryl methyl sites for hydroxylation is 1. The largest absolute Gasteiger partial charge is 0.326 e. The average Bonchev–Trinajstić information content (AvgIpc) is 2.77. The van der Waals surface area contributed by atoms with Crippen LogP contribution in [-0.2, 0) is 4.79 Å². The van der Waals surface area contributed by atoms with Gasteiger partial charge in [-0.05, 0) is 25.1 Å². The maximum atomic E-state index is 11.2. The Labute approximate surface area is 100 Å². The number of aromatic amines is 1. The highest BCUT2D eigenvalue weighted by Crippen LogP contribution is 2.19. The molecule has 17 heavy (non-hydrogen) atoms. The molecule has 1 amide bonds. The Balaban J connectivity index is 2.15. The van der Waals surface area contributed by atoms with Crippen molar-refractivity contribution in [3.8, 4) is 11.3 Å². The number of carbonyl (C=O) groups excluding carboxylic acids is 1. The quantitative estimate of drug-likeness (QED) is 0.850. The minimum atomic E-state index is 0.0216. The summed E-state index contributed by atoms with van der Waals surface area (Å²) in [6, 6.07) is 9.64. The van der Waals surface area contributed by atoms with Crippen molar-refractivity contribution in [1.29, 1.82) is 0 Å². The van der Waals surface area contributed by atoms with Gasteiger partial charge in [0.1, 0.15) is 0 Å². The summed E-state index contributed by atoms with van der Waals surface area (Å²) >= 11 is 0. The van der Waals surface area contributed by atoms with Crippen LogP contribution in [-0.4, -0.2) is 16.1 Å². The Bertz CT molecular complexity index is 514. The lowest BCUT2D eigenvalue weighted by Crippen LogP contribution is -2.08. The summed E-state index contributed by atoms with van der Waals surface area (Å²) < 4.78 is 0. The molecule has 4 nitrogen and oxygen atoms in total. The van der Waals surface area contributed by atoms with Crippen molar-refractivity contribution in [2.75, 3.05) is 5.32 Å². The van der Waals surface area contributed by atoms with E-state index in [4.69, 9.17) is 0 Å². The second-order valence-electron chi connectivity index (χ2n) is 3.92. The SMILES string of the molecule is CCC(=O)Nc1ccc(-c2cc(C)[nH]n2)cc1. The van der Waals surface area contributed by atoms with Crippen LogP contribution in [0.2, 0.25) is 0 Å². The van der Waals surface area contributed by atoms with Crippen LogP contribution in [0.15, 0.2) is 30.3 Å². The van der Waals surface area contributed by atoms with Gasteiger partial charge in [0.25, 0.3) is 0 Å². The monoisotopic (exact) mass is 229 g/mol. The fraction of sp³-hybridized carbons (Fsp3) is 0.231. The van der Waals surface area contributed by atoms with Crippen LogP contribution in [0.25, 0.3) is 11.3 Å². The zero-order valence-electron chi connectivity index (χ0n) is 9.95. The van der Waals surface area contributed by atoms with Gasteiger partial charge in [-0.25, -0.2) is 0 Å². The number of rotatable bonds is 3. The van der Waals surface area contributed by atoms with Crippen LogP contribution >= 0.6 is 0 Å². The number of benzene rings is 1. The Morgan fingerprint density at radius 3 is 2.59 bits per heavy atom. The summed E-state index contributed by atoms with van der Waals surface area (Å²) in [6.07, 6.45) is 0.486. The number of carbonyl (C=O) groups is 1. The molecule has 1 aromatic carbocycles. The van der Waals surface area contributed by atoms with Gasteiger partial charge < -0.3 is 5.32 Å². The number of amides is 1. The maximum Gasteiger partial charge on any atom is 0.224 e. The van der Waals surface area contributed by atoms with Crippen LogP contribution in [0, 0.1) is 6.92 Å². The number of aromatic nitrogens is 2. The first-order valence-electron chi connectivity index (χ1n) is 5.61. The number of H-pyrrole nitrogens is 1. The molecule has 0 fully saturated rings. The number of hydrogen-bond acceptors (Lipinski definition) is 2. The summed E-state index contributed by atoms with van der Waals surface area (Å²) in [7, 11) is 0. The zero-order valence-corrected chi connectivity index (χ0v) is 9.95. The van der Waals surface area contributed by atoms with E-state index >= 15 is 0 Å². The molecule has 1 heterocycles. The predicted octanol–water partition coefficient (Wildman–Crippen LogP) is 2.73. The summed E-state index contributed by atoms with van der Waals surface area (Å²) in [5.41, 5.74) is 3.79. The first kappa shape index (κ1) is 11.4. The molecule has 2 rings (SSSR count). The molecule has 0 radical (unpaired) electrons. The molecule has 0 saturated carbocycles. The lowest BCUT2D eigenvalue weighted by Gasteiger charge is -2.03. The van der Waals surface area contributed by atoms with Gasteiger partial charge in [-0.3, -0.25) is 9.89 Å². The molecule has 2 aromatic rings. The van der Waals surface area contributed by atoms with Gasteiger partial charge in [0, 0.05) is 23.4 Å². The van der Waals surface area contributed by atoms with Crippen LogP contribution in [0.5, 0.6) is 0 Å². The van der Waals surface area contributed by atoms with Crippen LogP contribution < -0.4 is 5.32 Å². The molecule has 0 aliphatic rings. The van der Waals surface area contributed by atoms with Crippen molar-refractivity contribution < 1.29 is 4.79 Å². The van der Waals surface area contributed by atoms with Gasteiger partial charge in [-0.1, -0.05) is 19.1 Å². The summed E-state index contributed by atoms with van der Waals surface area (Å²) in [6.45, 7) is 3.79. The van der Waals surface area contributed by atoms with E-state index in [1.165, 1.54) is 0 Å². The van der Waals surface area contributed by atoms with E-state index in [0.29, 0.717) is 6.42 Å². The molecule has 88 valence electrons. The molecule has 0 aliphatic heterocycles. The Hall–Kier alpha value is -2.10. The molecule has 0 spiro atoms. The molecule has 1 aromatic heterocycles. The van der Waals surface area contributed by atoms with Gasteiger partial charge in [-0.15, -0.1) is 0 Å². The highest BCUT2D eigenvalue weighted by molar-refractivity contribution is 5.90. The third kappa shape index (κ3) is 2.72. The molecular weight excluding hydrogens is 214 g/mol. The third-order valence-electron chi connectivity index (χ3n) is 2.49. The lowest BCUT2D eigenvalue weighted by atomic mass is 10.1. The molecule has 2 N–H and O–H groups in total. The van der Waals surface area contributed by atoms with Gasteiger partial charge in [0.15, 0.2) is 0 Å². The zero-order chi connectivity index (χ0) is 12.3. The van der Waals surface area contributed by atoms with Crippen molar-refractivity contribution in [3.05, 3.63) is 36.0 Å². The van der Waals surface area contributed by atoms with E-state index in [9.17, 15) is 4.79 Å². The molecule has 0 aliphatic carbocycles. The van der Waals surface area contributed by atoms with E-state index in [1.807, 2.05) is 44.2 Å². The van der Waals surface area contributed by atoms with Gasteiger partial charge in [0.2, 0.25) is 5.91 Å². The van der Waals surface area contributed by atoms with Crippen molar-refractivity contribution in [3.63, 3.8) is 0 Å². The third-order valence-corrected chi connectivity index (χ3v) is 2.49. The number of nitrogens with zero attached hydrogens (tertiary/aromatic N) is 1. The summed E-state index contributed by atoms with van der Waals surface area (Å²) in [5, 5.41) is 9.89. The first-order chi connectivity index (χ1) is 8.19. The van der Waals surface area contributed by atoms with E-state index in [-0.39, 0.29) is 5.91 Å². The molecule has 0 saturated heterocycles. The van der Waals surface area contributed by atoms with Crippen molar-refractivity contribution in [2.24, 2.45) is 0 Å². The van der Waals surface area contributed by atoms with Crippen molar-refractivity contribution in [2.45, 2.75) is 20.3 Å². The number of nitrogens with one attached hydrogen (secondary N) is 2. The van der Waals surface area contributed by atoms with E-state index in [2.05, 4.69) is 15.5 Å². The van der Waals surface area contributed by atoms with Gasteiger partial charge in [0.05, 0.1) is 5.69 Å². The summed E-state index contributed by atoms with van der Waals surface area (Å²) in [5.74, 6) is 0.0216. The molecular formula is C13H15N3O. The fourth-order valence-corrected chi connectivity index (χ4v) is 1.54.